The maximum Gasteiger partial charge on any atom is 0.161 e. The van der Waals surface area contributed by atoms with E-state index in [0.717, 1.165) is 12.0 Å². The molecule has 0 bridgehead atoms. The number of rotatable bonds is 3. The van der Waals surface area contributed by atoms with E-state index in [2.05, 4.69) is 17.1 Å². The summed E-state index contributed by atoms with van der Waals surface area (Å²) >= 11 is 0. The van der Waals surface area contributed by atoms with Gasteiger partial charge in [0.15, 0.2) is 5.78 Å². The molecule has 2 rings (SSSR count). The van der Waals surface area contributed by atoms with Gasteiger partial charge in [-0.05, 0) is 30.5 Å². The molecule has 80 valence electrons. The fraction of sp³-hybridized carbons (Fsp3) is 0.143. The monoisotopic (exact) mass is 211 g/mol. The Morgan fingerprint density at radius 1 is 1.19 bits per heavy atom. The second-order valence-corrected chi connectivity index (χ2v) is 3.75. The SMILES string of the molecule is CC(=O)c1cnccc1Cc1ccccc1. The molecule has 16 heavy (non-hydrogen) atoms. The van der Waals surface area contributed by atoms with Crippen molar-refractivity contribution in [1.82, 2.24) is 4.98 Å². The molecule has 0 atom stereocenters. The largest absolute Gasteiger partial charge is 0.294 e. The van der Waals surface area contributed by atoms with Crippen LogP contribution in [0, 0.1) is 0 Å². The highest BCUT2D eigenvalue weighted by Gasteiger charge is 2.06. The summed E-state index contributed by atoms with van der Waals surface area (Å²) in [5.74, 6) is 0.0685. The van der Waals surface area contributed by atoms with Gasteiger partial charge in [-0.25, -0.2) is 0 Å². The molecular weight excluding hydrogens is 198 g/mol. The standard InChI is InChI=1S/C14H13NO/c1-11(16)14-10-15-8-7-13(14)9-12-5-3-2-4-6-12/h2-8,10H,9H2,1H3. The van der Waals surface area contributed by atoms with Crippen molar-refractivity contribution in [3.8, 4) is 0 Å². The van der Waals surface area contributed by atoms with Crippen molar-refractivity contribution < 1.29 is 4.79 Å². The van der Waals surface area contributed by atoms with E-state index in [9.17, 15) is 4.79 Å². The molecule has 1 heterocycles. The lowest BCUT2D eigenvalue weighted by Crippen LogP contribution is -2.01. The number of Topliss-reactive ketones (excluding diaryl/α,β-unsaturated/α-hetero) is 1. The highest BCUT2D eigenvalue weighted by molar-refractivity contribution is 5.95. The van der Waals surface area contributed by atoms with Crippen molar-refractivity contribution in [2.45, 2.75) is 13.3 Å². The molecule has 2 heteroatoms. The summed E-state index contributed by atoms with van der Waals surface area (Å²) < 4.78 is 0. The Labute approximate surface area is 95.0 Å². The van der Waals surface area contributed by atoms with Crippen molar-refractivity contribution in [3.63, 3.8) is 0 Å². The van der Waals surface area contributed by atoms with Gasteiger partial charge in [-0.3, -0.25) is 9.78 Å². The molecule has 0 aliphatic carbocycles. The summed E-state index contributed by atoms with van der Waals surface area (Å²) in [5.41, 5.74) is 2.95. The summed E-state index contributed by atoms with van der Waals surface area (Å²) in [6, 6.07) is 12.0. The fourth-order valence-corrected chi connectivity index (χ4v) is 1.71. The Hall–Kier alpha value is -1.96. The predicted octanol–water partition coefficient (Wildman–Crippen LogP) is 2.88. The second kappa shape index (κ2) is 4.71. The van der Waals surface area contributed by atoms with Gasteiger partial charge >= 0.3 is 0 Å². The van der Waals surface area contributed by atoms with Crippen LogP contribution < -0.4 is 0 Å². The summed E-state index contributed by atoms with van der Waals surface area (Å²) in [6.07, 6.45) is 4.14. The zero-order valence-corrected chi connectivity index (χ0v) is 9.18. The van der Waals surface area contributed by atoms with E-state index in [-0.39, 0.29) is 5.78 Å². The third-order valence-corrected chi connectivity index (χ3v) is 2.53. The first-order valence-corrected chi connectivity index (χ1v) is 5.25. The van der Waals surface area contributed by atoms with Gasteiger partial charge in [-0.15, -0.1) is 0 Å². The maximum absolute atomic E-state index is 11.4. The Morgan fingerprint density at radius 3 is 2.62 bits per heavy atom. The van der Waals surface area contributed by atoms with Crippen LogP contribution in [0.25, 0.3) is 0 Å². The van der Waals surface area contributed by atoms with Gasteiger partial charge in [0.2, 0.25) is 0 Å². The Kier molecular flexibility index (Phi) is 3.10. The summed E-state index contributed by atoms with van der Waals surface area (Å²) in [4.78, 5) is 15.4. The van der Waals surface area contributed by atoms with E-state index in [1.807, 2.05) is 24.3 Å². The topological polar surface area (TPSA) is 30.0 Å². The molecule has 0 saturated heterocycles. The van der Waals surface area contributed by atoms with Crippen molar-refractivity contribution in [2.24, 2.45) is 0 Å². The number of ketones is 1. The second-order valence-electron chi connectivity index (χ2n) is 3.75. The van der Waals surface area contributed by atoms with E-state index in [1.54, 1.807) is 19.3 Å². The number of hydrogen-bond acceptors (Lipinski definition) is 2. The molecule has 0 aliphatic heterocycles. The van der Waals surface area contributed by atoms with Crippen LogP contribution in [-0.2, 0) is 6.42 Å². The molecule has 0 radical (unpaired) electrons. The number of carbonyl (C=O) groups excluding carboxylic acids is 1. The number of hydrogen-bond donors (Lipinski definition) is 0. The highest BCUT2D eigenvalue weighted by Crippen LogP contribution is 2.13. The smallest absolute Gasteiger partial charge is 0.161 e. The van der Waals surface area contributed by atoms with Gasteiger partial charge < -0.3 is 0 Å². The third kappa shape index (κ3) is 2.34. The normalized spacial score (nSPS) is 10.1. The first-order chi connectivity index (χ1) is 7.77. The number of aromatic nitrogens is 1. The van der Waals surface area contributed by atoms with Gasteiger partial charge in [0.25, 0.3) is 0 Å². The molecule has 1 aromatic carbocycles. The molecule has 2 nitrogen and oxygen atoms in total. The fourth-order valence-electron chi connectivity index (χ4n) is 1.71. The first kappa shape index (κ1) is 10.6. The molecule has 1 aromatic heterocycles. The molecule has 0 unspecified atom stereocenters. The first-order valence-electron chi connectivity index (χ1n) is 5.25. The van der Waals surface area contributed by atoms with E-state index in [4.69, 9.17) is 0 Å². The lowest BCUT2D eigenvalue weighted by atomic mass is 10.00. The molecule has 0 amide bonds. The van der Waals surface area contributed by atoms with Gasteiger partial charge in [-0.2, -0.15) is 0 Å². The summed E-state index contributed by atoms with van der Waals surface area (Å²) in [6.45, 7) is 1.57. The molecule has 2 aromatic rings. The predicted molar refractivity (Wildman–Crippen MR) is 63.5 cm³/mol. The van der Waals surface area contributed by atoms with Gasteiger partial charge in [0.05, 0.1) is 0 Å². The minimum atomic E-state index is 0.0685. The van der Waals surface area contributed by atoms with Crippen LogP contribution in [0.15, 0.2) is 48.8 Å². The minimum Gasteiger partial charge on any atom is -0.294 e. The van der Waals surface area contributed by atoms with E-state index >= 15 is 0 Å². The number of nitrogens with zero attached hydrogens (tertiary/aromatic N) is 1. The lowest BCUT2D eigenvalue weighted by Gasteiger charge is -2.05. The van der Waals surface area contributed by atoms with Crippen molar-refractivity contribution in [1.29, 1.82) is 0 Å². The van der Waals surface area contributed by atoms with E-state index < -0.39 is 0 Å². The molecule has 0 saturated carbocycles. The van der Waals surface area contributed by atoms with Crippen LogP contribution in [0.2, 0.25) is 0 Å². The van der Waals surface area contributed by atoms with Crippen LogP contribution in [-0.4, -0.2) is 10.8 Å². The number of benzene rings is 1. The Bertz CT molecular complexity index is 491. The zero-order chi connectivity index (χ0) is 11.4. The quantitative estimate of drug-likeness (QED) is 0.731. The van der Waals surface area contributed by atoms with Crippen LogP contribution in [0.4, 0.5) is 0 Å². The zero-order valence-electron chi connectivity index (χ0n) is 9.18. The molecule has 0 N–H and O–H groups in total. The van der Waals surface area contributed by atoms with Crippen LogP contribution in [0.5, 0.6) is 0 Å². The van der Waals surface area contributed by atoms with Crippen molar-refractivity contribution in [2.75, 3.05) is 0 Å². The van der Waals surface area contributed by atoms with E-state index in [0.29, 0.717) is 5.56 Å². The average molecular weight is 211 g/mol. The van der Waals surface area contributed by atoms with Gasteiger partial charge in [0, 0.05) is 18.0 Å². The molecule has 0 aliphatic rings. The Balaban J connectivity index is 2.31. The number of pyridine rings is 1. The summed E-state index contributed by atoms with van der Waals surface area (Å²) in [7, 11) is 0. The lowest BCUT2D eigenvalue weighted by molar-refractivity contribution is 0.101. The average Bonchev–Trinajstić information content (AvgIpc) is 2.31. The van der Waals surface area contributed by atoms with Crippen LogP contribution in [0.1, 0.15) is 28.4 Å². The molecule has 0 spiro atoms. The van der Waals surface area contributed by atoms with Gasteiger partial charge in [-0.1, -0.05) is 30.3 Å². The van der Waals surface area contributed by atoms with Gasteiger partial charge in [0.1, 0.15) is 0 Å². The van der Waals surface area contributed by atoms with E-state index in [1.165, 1.54) is 5.56 Å². The van der Waals surface area contributed by atoms with Crippen LogP contribution >= 0.6 is 0 Å². The number of carbonyl (C=O) groups is 1. The molecule has 0 fully saturated rings. The maximum atomic E-state index is 11.4. The van der Waals surface area contributed by atoms with Crippen molar-refractivity contribution in [3.05, 3.63) is 65.5 Å². The Morgan fingerprint density at radius 2 is 1.94 bits per heavy atom. The third-order valence-electron chi connectivity index (χ3n) is 2.53. The van der Waals surface area contributed by atoms with Crippen molar-refractivity contribution >= 4 is 5.78 Å². The van der Waals surface area contributed by atoms with Crippen LogP contribution in [0.3, 0.4) is 0 Å². The molecular formula is C14H13NO. The summed E-state index contributed by atoms with van der Waals surface area (Å²) in [5, 5.41) is 0. The highest BCUT2D eigenvalue weighted by atomic mass is 16.1. The minimum absolute atomic E-state index is 0.0685.